The third kappa shape index (κ3) is 5.20. The lowest BCUT2D eigenvalue weighted by molar-refractivity contribution is 0.466. The summed E-state index contributed by atoms with van der Waals surface area (Å²) in [6, 6.07) is 8.38. The topological polar surface area (TPSA) is 20.2 Å². The monoisotopic (exact) mass is 219 g/mol. The number of unbranched alkanes of at least 4 members (excludes halogenated alkanes) is 6. The van der Waals surface area contributed by atoms with Crippen molar-refractivity contribution in [2.24, 2.45) is 0 Å². The standard InChI is InChI=1S/C15H23O/c1-2-3-4-5-6-7-8-11-14-12-9-10-13-15(14)16/h10,12-13,16H,2-8,11H2,1H3. The van der Waals surface area contributed by atoms with Gasteiger partial charge in [0.05, 0.1) is 0 Å². The fourth-order valence-electron chi connectivity index (χ4n) is 1.93. The maximum atomic E-state index is 9.56. The molecule has 0 unspecified atom stereocenters. The summed E-state index contributed by atoms with van der Waals surface area (Å²) in [5.74, 6) is 0.421. The van der Waals surface area contributed by atoms with Gasteiger partial charge in [-0.1, -0.05) is 51.5 Å². The Morgan fingerprint density at radius 1 is 1.06 bits per heavy atom. The molecule has 1 heteroatoms. The summed E-state index contributed by atoms with van der Waals surface area (Å²) in [5.41, 5.74) is 1.04. The fourth-order valence-corrected chi connectivity index (χ4v) is 1.93. The Bertz CT molecular complexity index is 281. The van der Waals surface area contributed by atoms with Crippen LogP contribution in [0, 0.1) is 6.07 Å². The Morgan fingerprint density at radius 2 is 1.75 bits per heavy atom. The van der Waals surface area contributed by atoms with Crippen LogP contribution in [0.15, 0.2) is 18.2 Å². The molecule has 1 radical (unpaired) electrons. The van der Waals surface area contributed by atoms with Crippen LogP contribution in [-0.4, -0.2) is 5.11 Å². The van der Waals surface area contributed by atoms with Crippen molar-refractivity contribution < 1.29 is 5.11 Å². The van der Waals surface area contributed by atoms with Gasteiger partial charge in [-0.15, -0.1) is 0 Å². The van der Waals surface area contributed by atoms with Crippen molar-refractivity contribution in [2.75, 3.05) is 0 Å². The average molecular weight is 219 g/mol. The van der Waals surface area contributed by atoms with E-state index in [4.69, 9.17) is 0 Å². The van der Waals surface area contributed by atoms with Gasteiger partial charge in [0.2, 0.25) is 0 Å². The van der Waals surface area contributed by atoms with Crippen molar-refractivity contribution in [2.45, 2.75) is 58.3 Å². The van der Waals surface area contributed by atoms with Gasteiger partial charge in [-0.2, -0.15) is 0 Å². The molecule has 1 nitrogen and oxygen atoms in total. The summed E-state index contributed by atoms with van der Waals surface area (Å²) in [5, 5.41) is 9.56. The van der Waals surface area contributed by atoms with Crippen molar-refractivity contribution in [3.8, 4) is 5.75 Å². The molecule has 0 bridgehead atoms. The summed E-state index contributed by atoms with van der Waals surface area (Å²) < 4.78 is 0. The van der Waals surface area contributed by atoms with Gasteiger partial charge in [-0.25, -0.2) is 0 Å². The molecule has 0 spiro atoms. The zero-order valence-electron chi connectivity index (χ0n) is 10.3. The minimum Gasteiger partial charge on any atom is -0.508 e. The lowest BCUT2D eigenvalue weighted by Crippen LogP contribution is -1.87. The van der Waals surface area contributed by atoms with Gasteiger partial charge in [0.15, 0.2) is 0 Å². The molecule has 0 saturated carbocycles. The SMILES string of the molecule is CCCCCCCCCc1c[c]ccc1O. The van der Waals surface area contributed by atoms with Crippen molar-refractivity contribution in [3.05, 3.63) is 29.8 Å². The van der Waals surface area contributed by atoms with Gasteiger partial charge in [0, 0.05) is 0 Å². The Morgan fingerprint density at radius 3 is 2.44 bits per heavy atom. The van der Waals surface area contributed by atoms with Crippen molar-refractivity contribution in [3.63, 3.8) is 0 Å². The van der Waals surface area contributed by atoms with Crippen molar-refractivity contribution >= 4 is 0 Å². The van der Waals surface area contributed by atoms with E-state index in [0.29, 0.717) is 5.75 Å². The van der Waals surface area contributed by atoms with Gasteiger partial charge in [0.25, 0.3) is 0 Å². The quantitative estimate of drug-likeness (QED) is 0.639. The van der Waals surface area contributed by atoms with E-state index in [1.165, 1.54) is 44.9 Å². The summed E-state index contributed by atoms with van der Waals surface area (Å²) in [4.78, 5) is 0. The van der Waals surface area contributed by atoms with E-state index in [0.717, 1.165) is 12.0 Å². The van der Waals surface area contributed by atoms with Crippen molar-refractivity contribution in [1.82, 2.24) is 0 Å². The van der Waals surface area contributed by atoms with Gasteiger partial charge < -0.3 is 5.11 Å². The van der Waals surface area contributed by atoms with Gasteiger partial charge in [0.1, 0.15) is 5.75 Å². The second-order valence-corrected chi connectivity index (χ2v) is 4.43. The highest BCUT2D eigenvalue weighted by Crippen LogP contribution is 2.18. The van der Waals surface area contributed by atoms with Crippen LogP contribution in [0.3, 0.4) is 0 Å². The Labute approximate surface area is 99.5 Å². The number of aryl methyl sites for hydroxylation is 1. The second-order valence-electron chi connectivity index (χ2n) is 4.43. The normalized spacial score (nSPS) is 10.6. The molecule has 0 fully saturated rings. The van der Waals surface area contributed by atoms with Crippen LogP contribution in [0.25, 0.3) is 0 Å². The lowest BCUT2D eigenvalue weighted by Gasteiger charge is -2.04. The zero-order valence-corrected chi connectivity index (χ0v) is 10.3. The Hall–Kier alpha value is -0.980. The predicted octanol–water partition coefficient (Wildman–Crippen LogP) is 4.49. The fraction of sp³-hybridized carbons (Fsp3) is 0.600. The van der Waals surface area contributed by atoms with E-state index in [2.05, 4.69) is 13.0 Å². The number of phenols is 1. The van der Waals surface area contributed by atoms with Crippen LogP contribution in [-0.2, 0) is 6.42 Å². The summed E-state index contributed by atoms with van der Waals surface area (Å²) in [6.45, 7) is 2.24. The minimum absolute atomic E-state index is 0.421. The van der Waals surface area contributed by atoms with E-state index in [9.17, 15) is 5.11 Å². The number of phenolic OH excluding ortho intramolecular Hbond substituents is 1. The Balaban J connectivity index is 2.05. The number of aromatic hydroxyl groups is 1. The van der Waals surface area contributed by atoms with Crippen LogP contribution in [0.4, 0.5) is 0 Å². The highest BCUT2D eigenvalue weighted by atomic mass is 16.3. The van der Waals surface area contributed by atoms with Crippen LogP contribution < -0.4 is 0 Å². The molecule has 0 aliphatic rings. The van der Waals surface area contributed by atoms with Gasteiger partial charge in [-0.3, -0.25) is 0 Å². The number of benzene rings is 1. The molecule has 0 saturated heterocycles. The molecule has 0 amide bonds. The highest BCUT2D eigenvalue weighted by Gasteiger charge is 1.99. The maximum absolute atomic E-state index is 9.56. The smallest absolute Gasteiger partial charge is 0.118 e. The summed E-state index contributed by atoms with van der Waals surface area (Å²) in [6.07, 6.45) is 10.2. The molecule has 0 heterocycles. The van der Waals surface area contributed by atoms with E-state index in [-0.39, 0.29) is 0 Å². The molecule has 0 aliphatic heterocycles. The van der Waals surface area contributed by atoms with Crippen LogP contribution in [0.1, 0.15) is 57.4 Å². The van der Waals surface area contributed by atoms with Crippen LogP contribution >= 0.6 is 0 Å². The molecule has 0 atom stereocenters. The minimum atomic E-state index is 0.421. The van der Waals surface area contributed by atoms with E-state index >= 15 is 0 Å². The predicted molar refractivity (Wildman–Crippen MR) is 68.6 cm³/mol. The maximum Gasteiger partial charge on any atom is 0.118 e. The van der Waals surface area contributed by atoms with Crippen molar-refractivity contribution in [1.29, 1.82) is 0 Å². The zero-order chi connectivity index (χ0) is 11.6. The van der Waals surface area contributed by atoms with Gasteiger partial charge in [-0.05, 0) is 36.6 Å². The van der Waals surface area contributed by atoms with E-state index in [1.54, 1.807) is 12.1 Å². The molecule has 1 N–H and O–H groups in total. The second kappa shape index (κ2) is 8.20. The molecule has 1 aromatic carbocycles. The third-order valence-electron chi connectivity index (χ3n) is 2.97. The molecule has 0 aromatic heterocycles. The lowest BCUT2D eigenvalue weighted by atomic mass is 10.0. The van der Waals surface area contributed by atoms with Crippen LogP contribution in [0.5, 0.6) is 5.75 Å². The molecular formula is C15H23O. The van der Waals surface area contributed by atoms with E-state index in [1.807, 2.05) is 6.07 Å². The first kappa shape index (κ1) is 13.1. The van der Waals surface area contributed by atoms with E-state index < -0.39 is 0 Å². The number of hydrogen-bond acceptors (Lipinski definition) is 1. The average Bonchev–Trinajstić information content (AvgIpc) is 2.30. The Kier molecular flexibility index (Phi) is 6.71. The van der Waals surface area contributed by atoms with Gasteiger partial charge >= 0.3 is 0 Å². The number of hydrogen-bond donors (Lipinski definition) is 1. The largest absolute Gasteiger partial charge is 0.508 e. The van der Waals surface area contributed by atoms with Crippen LogP contribution in [0.2, 0.25) is 0 Å². The summed E-state index contributed by atoms with van der Waals surface area (Å²) >= 11 is 0. The first-order valence-corrected chi connectivity index (χ1v) is 6.52. The molecular weight excluding hydrogens is 196 g/mol. The number of rotatable bonds is 8. The molecule has 1 aromatic rings. The highest BCUT2D eigenvalue weighted by molar-refractivity contribution is 5.31. The molecule has 16 heavy (non-hydrogen) atoms. The third-order valence-corrected chi connectivity index (χ3v) is 2.97. The first-order chi connectivity index (χ1) is 7.84. The molecule has 89 valence electrons. The molecule has 0 aliphatic carbocycles. The summed E-state index contributed by atoms with van der Waals surface area (Å²) in [7, 11) is 0. The first-order valence-electron chi connectivity index (χ1n) is 6.52. The molecule has 1 rings (SSSR count).